The predicted molar refractivity (Wildman–Crippen MR) is 48.1 cm³/mol. The molecule has 0 aromatic heterocycles. The molecule has 0 aliphatic heterocycles. The standard InChI is InChI=1S/C10H12O2/c1-10(12)8-6-4-2-3-5-7-9-11/h2,4,10-12H,7,9H2,1H3/b4-2-/t10-/m0/s1. The number of allylic oxidation sites excluding steroid dienone is 2. The van der Waals surface area contributed by atoms with Crippen molar-refractivity contribution in [1.29, 1.82) is 0 Å². The minimum atomic E-state index is -0.597. The van der Waals surface area contributed by atoms with Gasteiger partial charge in [-0.1, -0.05) is 23.7 Å². The van der Waals surface area contributed by atoms with Crippen LogP contribution in [0, 0.1) is 23.7 Å². The molecule has 2 N–H and O–H groups in total. The van der Waals surface area contributed by atoms with Crippen LogP contribution in [-0.4, -0.2) is 22.9 Å². The summed E-state index contributed by atoms with van der Waals surface area (Å²) in [5.41, 5.74) is 0. The quantitative estimate of drug-likeness (QED) is 0.548. The van der Waals surface area contributed by atoms with Crippen LogP contribution in [0.1, 0.15) is 13.3 Å². The molecule has 0 radical (unpaired) electrons. The lowest BCUT2D eigenvalue weighted by Crippen LogP contribution is -1.91. The highest BCUT2D eigenvalue weighted by molar-refractivity contribution is 5.25. The smallest absolute Gasteiger partial charge is 0.112 e. The Hall–Kier alpha value is -1.22. The minimum absolute atomic E-state index is 0.0835. The summed E-state index contributed by atoms with van der Waals surface area (Å²) in [6.45, 7) is 1.68. The van der Waals surface area contributed by atoms with Crippen LogP contribution in [-0.2, 0) is 0 Å². The van der Waals surface area contributed by atoms with Crippen LogP contribution in [0.3, 0.4) is 0 Å². The lowest BCUT2D eigenvalue weighted by molar-refractivity contribution is 0.253. The molecule has 0 fully saturated rings. The molecule has 0 saturated carbocycles. The van der Waals surface area contributed by atoms with Crippen molar-refractivity contribution in [1.82, 2.24) is 0 Å². The number of hydrogen-bond donors (Lipinski definition) is 2. The molecular formula is C10H12O2. The summed E-state index contributed by atoms with van der Waals surface area (Å²) in [5, 5.41) is 17.1. The van der Waals surface area contributed by atoms with Crippen LogP contribution in [0.25, 0.3) is 0 Å². The summed E-state index contributed by atoms with van der Waals surface area (Å²) >= 11 is 0. The van der Waals surface area contributed by atoms with Gasteiger partial charge in [0, 0.05) is 6.42 Å². The first-order valence-electron chi connectivity index (χ1n) is 3.70. The molecule has 0 aromatic rings. The Balaban J connectivity index is 3.67. The molecule has 2 heteroatoms. The summed E-state index contributed by atoms with van der Waals surface area (Å²) in [7, 11) is 0. The molecular weight excluding hydrogens is 152 g/mol. The van der Waals surface area contributed by atoms with Gasteiger partial charge in [0.05, 0.1) is 6.61 Å². The van der Waals surface area contributed by atoms with Crippen LogP contribution in [0.15, 0.2) is 12.2 Å². The Morgan fingerprint density at radius 2 is 2.00 bits per heavy atom. The molecule has 0 heterocycles. The minimum Gasteiger partial charge on any atom is -0.395 e. The van der Waals surface area contributed by atoms with Crippen LogP contribution in [0.5, 0.6) is 0 Å². The van der Waals surface area contributed by atoms with Gasteiger partial charge < -0.3 is 10.2 Å². The first-order chi connectivity index (χ1) is 5.77. The van der Waals surface area contributed by atoms with E-state index in [9.17, 15) is 0 Å². The van der Waals surface area contributed by atoms with Gasteiger partial charge in [-0.25, -0.2) is 0 Å². The van der Waals surface area contributed by atoms with Gasteiger partial charge in [0.25, 0.3) is 0 Å². The van der Waals surface area contributed by atoms with E-state index in [2.05, 4.69) is 23.7 Å². The van der Waals surface area contributed by atoms with Crippen molar-refractivity contribution in [3.63, 3.8) is 0 Å². The normalized spacial score (nSPS) is 11.2. The molecule has 64 valence electrons. The van der Waals surface area contributed by atoms with Gasteiger partial charge in [0.15, 0.2) is 0 Å². The van der Waals surface area contributed by atoms with Crippen LogP contribution in [0.2, 0.25) is 0 Å². The highest BCUT2D eigenvalue weighted by atomic mass is 16.3. The zero-order valence-electron chi connectivity index (χ0n) is 7.04. The van der Waals surface area contributed by atoms with Crippen LogP contribution < -0.4 is 0 Å². The fraction of sp³-hybridized carbons (Fsp3) is 0.400. The van der Waals surface area contributed by atoms with E-state index in [1.165, 1.54) is 0 Å². The predicted octanol–water partition coefficient (Wildman–Crippen LogP) is 0.313. The van der Waals surface area contributed by atoms with E-state index >= 15 is 0 Å². The number of aliphatic hydroxyl groups excluding tert-OH is 2. The SMILES string of the molecule is C[C@H](O)C#C/C=C\C#CCCO. The number of aliphatic hydroxyl groups is 2. The summed E-state index contributed by atoms with van der Waals surface area (Å²) in [4.78, 5) is 0. The molecule has 0 aliphatic rings. The monoisotopic (exact) mass is 164 g/mol. The van der Waals surface area contributed by atoms with Crippen molar-refractivity contribution in [3.8, 4) is 23.7 Å². The Morgan fingerprint density at radius 3 is 2.58 bits per heavy atom. The first-order valence-corrected chi connectivity index (χ1v) is 3.70. The van der Waals surface area contributed by atoms with Crippen molar-refractivity contribution in [2.75, 3.05) is 6.61 Å². The second-order valence-corrected chi connectivity index (χ2v) is 2.09. The summed E-state index contributed by atoms with van der Waals surface area (Å²) < 4.78 is 0. The zero-order valence-corrected chi connectivity index (χ0v) is 7.04. The van der Waals surface area contributed by atoms with Gasteiger partial charge in [-0.3, -0.25) is 0 Å². The second kappa shape index (κ2) is 7.88. The molecule has 0 amide bonds. The molecule has 0 rings (SSSR count). The van der Waals surface area contributed by atoms with E-state index in [4.69, 9.17) is 10.2 Å². The average molecular weight is 164 g/mol. The molecule has 1 atom stereocenters. The molecule has 0 bridgehead atoms. The van der Waals surface area contributed by atoms with Gasteiger partial charge in [0.2, 0.25) is 0 Å². The third-order valence-corrected chi connectivity index (χ3v) is 0.881. The van der Waals surface area contributed by atoms with Crippen molar-refractivity contribution >= 4 is 0 Å². The lowest BCUT2D eigenvalue weighted by Gasteiger charge is -1.83. The third kappa shape index (κ3) is 8.78. The van der Waals surface area contributed by atoms with Gasteiger partial charge in [-0.2, -0.15) is 0 Å². The largest absolute Gasteiger partial charge is 0.395 e. The molecule has 2 nitrogen and oxygen atoms in total. The van der Waals surface area contributed by atoms with Crippen molar-refractivity contribution in [2.45, 2.75) is 19.4 Å². The maximum absolute atomic E-state index is 8.72. The van der Waals surface area contributed by atoms with Crippen molar-refractivity contribution in [2.24, 2.45) is 0 Å². The van der Waals surface area contributed by atoms with E-state index in [-0.39, 0.29) is 6.61 Å². The van der Waals surface area contributed by atoms with E-state index in [0.29, 0.717) is 6.42 Å². The summed E-state index contributed by atoms with van der Waals surface area (Å²) in [6.07, 6.45) is 3.04. The molecule has 0 aliphatic carbocycles. The summed E-state index contributed by atoms with van der Waals surface area (Å²) in [6, 6.07) is 0. The molecule has 12 heavy (non-hydrogen) atoms. The maximum atomic E-state index is 8.72. The van der Waals surface area contributed by atoms with Crippen LogP contribution in [0.4, 0.5) is 0 Å². The van der Waals surface area contributed by atoms with Gasteiger partial charge in [-0.05, 0) is 19.1 Å². The highest BCUT2D eigenvalue weighted by Gasteiger charge is 1.78. The first kappa shape index (κ1) is 10.8. The Bertz CT molecular complexity index is 242. The zero-order chi connectivity index (χ0) is 9.23. The molecule has 0 spiro atoms. The third-order valence-electron chi connectivity index (χ3n) is 0.881. The van der Waals surface area contributed by atoms with E-state index in [0.717, 1.165) is 0 Å². The number of rotatable bonds is 1. The van der Waals surface area contributed by atoms with Gasteiger partial charge >= 0.3 is 0 Å². The lowest BCUT2D eigenvalue weighted by atomic mass is 10.4. The second-order valence-electron chi connectivity index (χ2n) is 2.09. The Morgan fingerprint density at radius 1 is 1.33 bits per heavy atom. The topological polar surface area (TPSA) is 40.5 Å². The van der Waals surface area contributed by atoms with Crippen molar-refractivity contribution < 1.29 is 10.2 Å². The molecule has 0 unspecified atom stereocenters. The Labute approximate surface area is 72.9 Å². The molecule has 0 aromatic carbocycles. The maximum Gasteiger partial charge on any atom is 0.112 e. The molecule has 0 saturated heterocycles. The fourth-order valence-corrected chi connectivity index (χ4v) is 0.439. The average Bonchev–Trinajstić information content (AvgIpc) is 2.02. The van der Waals surface area contributed by atoms with Gasteiger partial charge in [0.1, 0.15) is 6.10 Å². The highest BCUT2D eigenvalue weighted by Crippen LogP contribution is 1.75. The van der Waals surface area contributed by atoms with Gasteiger partial charge in [-0.15, -0.1) is 0 Å². The summed E-state index contributed by atoms with van der Waals surface area (Å²) in [5.74, 6) is 10.5. The van der Waals surface area contributed by atoms with Crippen LogP contribution >= 0.6 is 0 Å². The van der Waals surface area contributed by atoms with E-state index in [1.54, 1.807) is 19.1 Å². The van der Waals surface area contributed by atoms with E-state index in [1.807, 2.05) is 0 Å². The van der Waals surface area contributed by atoms with E-state index < -0.39 is 6.10 Å². The Kier molecular flexibility index (Phi) is 7.08. The van der Waals surface area contributed by atoms with Crippen molar-refractivity contribution in [3.05, 3.63) is 12.2 Å². The number of hydrogen-bond acceptors (Lipinski definition) is 2. The fourth-order valence-electron chi connectivity index (χ4n) is 0.439.